The maximum atomic E-state index is 16.9. The van der Waals surface area contributed by atoms with Crippen LogP contribution in [0.15, 0.2) is 23.8 Å². The van der Waals surface area contributed by atoms with Gasteiger partial charge in [-0.15, -0.1) is 0 Å². The molecule has 0 saturated heterocycles. The predicted molar refractivity (Wildman–Crippen MR) is 105 cm³/mol. The van der Waals surface area contributed by atoms with Crippen molar-refractivity contribution in [1.29, 1.82) is 0 Å². The van der Waals surface area contributed by atoms with E-state index in [-0.39, 0.29) is 31.0 Å². The average Bonchev–Trinajstić information content (AvgIpc) is 2.94. The highest BCUT2D eigenvalue weighted by atomic mass is 19.1. The average molecular weight is 420 g/mol. The molecule has 7 atom stereocenters. The molecule has 2 saturated carbocycles. The monoisotopic (exact) mass is 420 g/mol. The summed E-state index contributed by atoms with van der Waals surface area (Å²) >= 11 is 0. The number of ketones is 2. The first-order valence-corrected chi connectivity index (χ1v) is 10.6. The van der Waals surface area contributed by atoms with E-state index >= 15 is 4.39 Å². The normalized spacial score (nSPS) is 47.1. The van der Waals surface area contributed by atoms with Crippen molar-refractivity contribution in [2.24, 2.45) is 22.7 Å². The van der Waals surface area contributed by atoms with Gasteiger partial charge < -0.3 is 14.9 Å². The zero-order valence-electron chi connectivity index (χ0n) is 17.6. The molecule has 4 rings (SSSR count). The summed E-state index contributed by atoms with van der Waals surface area (Å²) in [5.41, 5.74) is -5.27. The van der Waals surface area contributed by atoms with Gasteiger partial charge in [0.05, 0.1) is 6.10 Å². The second-order valence-corrected chi connectivity index (χ2v) is 9.90. The van der Waals surface area contributed by atoms with Crippen LogP contribution in [0.25, 0.3) is 0 Å². The summed E-state index contributed by atoms with van der Waals surface area (Å²) in [6.45, 7) is 4.13. The fourth-order valence-corrected chi connectivity index (χ4v) is 6.77. The summed E-state index contributed by atoms with van der Waals surface area (Å²) in [6.07, 6.45) is 4.54. The SMILES string of the molecule is CC(=O)OCC(=O)[C@@]1(O)CC[C@H]2[C@@H]3C=CC4=CC(=O)CC[C@]4(C)[C@@]3(F)[C@@H](O)C[C@@]21C. The molecule has 0 bridgehead atoms. The van der Waals surface area contributed by atoms with Gasteiger partial charge in [0, 0.05) is 30.1 Å². The molecule has 6 nitrogen and oxygen atoms in total. The van der Waals surface area contributed by atoms with E-state index in [0.29, 0.717) is 18.4 Å². The van der Waals surface area contributed by atoms with Crippen LogP contribution in [0.3, 0.4) is 0 Å². The van der Waals surface area contributed by atoms with Gasteiger partial charge in [0.2, 0.25) is 5.78 Å². The highest BCUT2D eigenvalue weighted by Crippen LogP contribution is 2.68. The number of aliphatic hydroxyl groups is 2. The number of carbonyl (C=O) groups is 3. The van der Waals surface area contributed by atoms with Crippen LogP contribution in [0, 0.1) is 22.7 Å². The van der Waals surface area contributed by atoms with Crippen molar-refractivity contribution in [2.75, 3.05) is 6.61 Å². The first-order chi connectivity index (χ1) is 13.9. The molecule has 164 valence electrons. The van der Waals surface area contributed by atoms with Crippen molar-refractivity contribution in [3.63, 3.8) is 0 Å². The van der Waals surface area contributed by atoms with E-state index in [1.807, 2.05) is 0 Å². The number of aliphatic hydroxyl groups excluding tert-OH is 1. The van der Waals surface area contributed by atoms with Crippen LogP contribution in [-0.4, -0.2) is 51.7 Å². The van der Waals surface area contributed by atoms with Gasteiger partial charge in [-0.25, -0.2) is 4.39 Å². The van der Waals surface area contributed by atoms with E-state index in [4.69, 9.17) is 4.74 Å². The lowest BCUT2D eigenvalue weighted by Gasteiger charge is -2.61. The minimum absolute atomic E-state index is 0.0457. The van der Waals surface area contributed by atoms with Gasteiger partial charge in [0.15, 0.2) is 18.1 Å². The Hall–Kier alpha value is -1.86. The zero-order valence-corrected chi connectivity index (χ0v) is 17.6. The molecule has 0 aliphatic heterocycles. The molecular formula is C23H29FO6. The molecule has 0 spiro atoms. The number of fused-ring (bicyclic) bond motifs is 5. The van der Waals surface area contributed by atoms with Gasteiger partial charge in [-0.1, -0.05) is 26.0 Å². The van der Waals surface area contributed by atoms with Gasteiger partial charge in [0.25, 0.3) is 0 Å². The number of esters is 1. The van der Waals surface area contributed by atoms with Crippen LogP contribution < -0.4 is 0 Å². The van der Waals surface area contributed by atoms with E-state index in [9.17, 15) is 24.6 Å². The molecule has 4 aliphatic rings. The molecule has 0 aromatic carbocycles. The number of rotatable bonds is 3. The maximum Gasteiger partial charge on any atom is 0.303 e. The first-order valence-electron chi connectivity index (χ1n) is 10.6. The maximum absolute atomic E-state index is 16.9. The van der Waals surface area contributed by atoms with E-state index in [2.05, 4.69) is 0 Å². The quantitative estimate of drug-likeness (QED) is 0.679. The third-order valence-electron chi connectivity index (χ3n) is 8.62. The number of hydrogen-bond donors (Lipinski definition) is 2. The first kappa shape index (κ1) is 21.4. The van der Waals surface area contributed by atoms with Gasteiger partial charge in [0.1, 0.15) is 5.60 Å². The Labute approximate surface area is 175 Å². The summed E-state index contributed by atoms with van der Waals surface area (Å²) in [6, 6.07) is 0. The highest BCUT2D eigenvalue weighted by molar-refractivity contribution is 5.92. The van der Waals surface area contributed by atoms with Crippen LogP contribution >= 0.6 is 0 Å². The van der Waals surface area contributed by atoms with Gasteiger partial charge in [-0.2, -0.15) is 0 Å². The van der Waals surface area contributed by atoms with Crippen molar-refractivity contribution in [3.05, 3.63) is 23.8 Å². The van der Waals surface area contributed by atoms with Crippen LogP contribution in [0.1, 0.15) is 52.9 Å². The number of halogens is 1. The van der Waals surface area contributed by atoms with Gasteiger partial charge in [-0.3, -0.25) is 14.4 Å². The minimum Gasteiger partial charge on any atom is -0.458 e. The van der Waals surface area contributed by atoms with Crippen molar-refractivity contribution in [2.45, 2.75) is 70.2 Å². The Morgan fingerprint density at radius 2 is 2.00 bits per heavy atom. The van der Waals surface area contributed by atoms with Crippen molar-refractivity contribution in [1.82, 2.24) is 0 Å². The molecule has 0 amide bonds. The Balaban J connectivity index is 1.75. The lowest BCUT2D eigenvalue weighted by Crippen LogP contribution is -2.68. The molecule has 0 unspecified atom stereocenters. The molecule has 2 N–H and O–H groups in total. The van der Waals surface area contributed by atoms with Crippen LogP contribution in [0.4, 0.5) is 4.39 Å². The smallest absolute Gasteiger partial charge is 0.303 e. The Morgan fingerprint density at radius 3 is 2.67 bits per heavy atom. The lowest BCUT2D eigenvalue weighted by molar-refractivity contribution is -0.210. The Bertz CT molecular complexity index is 879. The van der Waals surface area contributed by atoms with Gasteiger partial charge >= 0.3 is 5.97 Å². The molecule has 4 aliphatic carbocycles. The van der Waals surface area contributed by atoms with Crippen molar-refractivity contribution >= 4 is 17.5 Å². The number of allylic oxidation sites excluding steroid dienone is 4. The fraction of sp³-hybridized carbons (Fsp3) is 0.696. The molecule has 0 heterocycles. The number of hydrogen-bond acceptors (Lipinski definition) is 6. The largest absolute Gasteiger partial charge is 0.458 e. The van der Waals surface area contributed by atoms with E-state index in [0.717, 1.165) is 0 Å². The summed E-state index contributed by atoms with van der Waals surface area (Å²) in [5.74, 6) is -2.35. The van der Waals surface area contributed by atoms with Crippen molar-refractivity contribution < 1.29 is 33.7 Å². The second-order valence-electron chi connectivity index (χ2n) is 9.90. The number of Topliss-reactive ketones (excluding diaryl/α,β-unsaturated/α-hetero) is 1. The molecule has 30 heavy (non-hydrogen) atoms. The summed E-state index contributed by atoms with van der Waals surface area (Å²) < 4.78 is 21.7. The van der Waals surface area contributed by atoms with E-state index < -0.39 is 52.5 Å². The Morgan fingerprint density at radius 1 is 1.30 bits per heavy atom. The zero-order chi connectivity index (χ0) is 22.1. The predicted octanol–water partition coefficient (Wildman–Crippen LogP) is 2.22. The molecule has 0 aromatic heterocycles. The summed E-state index contributed by atoms with van der Waals surface area (Å²) in [4.78, 5) is 35.9. The standard InChI is InChI=1S/C23H29FO6/c1-13(25)30-12-19(28)22(29)9-7-16-17-5-4-14-10-15(26)6-8-20(14,2)23(17,24)18(27)11-21(16,22)3/h4-5,10,16-18,27,29H,6-9,11-12H2,1-3H3/t16-,17-,18-,20-,21-,22-,23-/m0/s1. The lowest BCUT2D eigenvalue weighted by atomic mass is 9.45. The third-order valence-corrected chi connectivity index (χ3v) is 8.62. The fourth-order valence-electron chi connectivity index (χ4n) is 6.77. The van der Waals surface area contributed by atoms with Crippen molar-refractivity contribution in [3.8, 4) is 0 Å². The third kappa shape index (κ3) is 2.51. The molecule has 7 heteroatoms. The summed E-state index contributed by atoms with van der Waals surface area (Å²) in [5, 5.41) is 22.5. The molecule has 2 fully saturated rings. The summed E-state index contributed by atoms with van der Waals surface area (Å²) in [7, 11) is 0. The van der Waals surface area contributed by atoms with E-state index in [1.165, 1.54) is 13.0 Å². The number of alkyl halides is 1. The molecule has 0 radical (unpaired) electrons. The second kappa shape index (κ2) is 6.57. The van der Waals surface area contributed by atoms with Crippen LogP contribution in [-0.2, 0) is 19.1 Å². The molecule has 0 aromatic rings. The van der Waals surface area contributed by atoms with Crippen LogP contribution in [0.5, 0.6) is 0 Å². The molecular weight excluding hydrogens is 391 g/mol. The van der Waals surface area contributed by atoms with E-state index in [1.54, 1.807) is 26.0 Å². The highest BCUT2D eigenvalue weighted by Gasteiger charge is 2.73. The van der Waals surface area contributed by atoms with Crippen LogP contribution in [0.2, 0.25) is 0 Å². The Kier molecular flexibility index (Phi) is 4.68. The minimum atomic E-state index is -2.00. The van der Waals surface area contributed by atoms with Gasteiger partial charge in [-0.05, 0) is 43.3 Å². The number of carbonyl (C=O) groups excluding carboxylic acids is 3. The number of ether oxygens (including phenoxy) is 1. The topological polar surface area (TPSA) is 101 Å².